The number of hydrogen-bond acceptors (Lipinski definition) is 4. The Hall–Kier alpha value is -0.360. The topological polar surface area (TPSA) is 38.9 Å². The normalized spacial score (nSPS) is 14.4. The van der Waals surface area contributed by atoms with Crippen molar-refractivity contribution in [3.63, 3.8) is 0 Å². The van der Waals surface area contributed by atoms with Gasteiger partial charge < -0.3 is 5.73 Å². The van der Waals surface area contributed by atoms with E-state index in [-0.39, 0.29) is 11.3 Å². The number of nitrogens with two attached hydrogens (primary N) is 1. The molecule has 0 radical (unpaired) electrons. The smallest absolute Gasteiger partial charge is 0.0967 e. The second-order valence-corrected chi connectivity index (χ2v) is 6.84. The quantitative estimate of drug-likeness (QED) is 0.814. The molecule has 18 heavy (non-hydrogen) atoms. The molecule has 0 spiro atoms. The average Bonchev–Trinajstić information content (AvgIpc) is 2.91. The van der Waals surface area contributed by atoms with Crippen LogP contribution in [-0.2, 0) is 0 Å². The Morgan fingerprint density at radius 3 is 2.83 bits per heavy atom. The third-order valence-electron chi connectivity index (χ3n) is 2.68. The minimum Gasteiger partial charge on any atom is -0.326 e. The number of thiophene rings is 1. The molecule has 0 aromatic carbocycles. The molecule has 0 fully saturated rings. The van der Waals surface area contributed by atoms with Crippen LogP contribution >= 0.6 is 39.0 Å². The van der Waals surface area contributed by atoms with E-state index in [4.69, 9.17) is 5.73 Å². The van der Waals surface area contributed by atoms with Gasteiger partial charge in [-0.05, 0) is 56.9 Å². The summed E-state index contributed by atoms with van der Waals surface area (Å²) in [5, 5.41) is 5.56. The van der Waals surface area contributed by atoms with E-state index in [0.717, 1.165) is 15.9 Å². The van der Waals surface area contributed by atoms with Gasteiger partial charge in [0.05, 0.1) is 10.3 Å². The lowest BCUT2D eigenvalue weighted by molar-refractivity contribution is 0.634. The van der Waals surface area contributed by atoms with Crippen molar-refractivity contribution >= 4 is 39.0 Å². The Balaban J connectivity index is 2.17. The van der Waals surface area contributed by atoms with E-state index in [2.05, 4.69) is 44.7 Å². The van der Waals surface area contributed by atoms with Gasteiger partial charge in [0.1, 0.15) is 0 Å². The molecule has 2 atom stereocenters. The van der Waals surface area contributed by atoms with Gasteiger partial charge in [0.2, 0.25) is 0 Å². The molecular formula is C13H15BrN2S2. The van der Waals surface area contributed by atoms with Crippen molar-refractivity contribution in [1.82, 2.24) is 4.98 Å². The van der Waals surface area contributed by atoms with Crippen LogP contribution in [0.25, 0.3) is 0 Å². The molecule has 2 rings (SSSR count). The van der Waals surface area contributed by atoms with Gasteiger partial charge >= 0.3 is 0 Å². The van der Waals surface area contributed by atoms with Gasteiger partial charge in [0.25, 0.3) is 0 Å². The fraction of sp³-hybridized carbons (Fsp3) is 0.308. The highest BCUT2D eigenvalue weighted by Gasteiger charge is 2.20. The average molecular weight is 343 g/mol. The molecule has 5 heteroatoms. The minimum absolute atomic E-state index is 0.148. The third-order valence-corrected chi connectivity index (χ3v) is 5.21. The van der Waals surface area contributed by atoms with E-state index in [0.29, 0.717) is 0 Å². The molecule has 2 aromatic heterocycles. The Morgan fingerprint density at radius 2 is 2.28 bits per heavy atom. The van der Waals surface area contributed by atoms with E-state index in [1.54, 1.807) is 23.1 Å². The summed E-state index contributed by atoms with van der Waals surface area (Å²) in [5.74, 6) is 0. The summed E-state index contributed by atoms with van der Waals surface area (Å²) in [6.07, 6.45) is 2.79. The van der Waals surface area contributed by atoms with Gasteiger partial charge in [0, 0.05) is 16.7 Å². The lowest BCUT2D eigenvalue weighted by Crippen LogP contribution is -2.25. The van der Waals surface area contributed by atoms with E-state index in [1.807, 2.05) is 18.3 Å². The summed E-state index contributed by atoms with van der Waals surface area (Å²) < 4.78 is 0.999. The first-order chi connectivity index (χ1) is 8.70. The summed E-state index contributed by atoms with van der Waals surface area (Å²) >= 11 is 6.85. The predicted octanol–water partition coefficient (Wildman–Crippen LogP) is 4.48. The van der Waals surface area contributed by atoms with Crippen LogP contribution in [0.15, 0.2) is 44.7 Å². The summed E-state index contributed by atoms with van der Waals surface area (Å²) in [5.41, 5.74) is 7.53. The van der Waals surface area contributed by atoms with Crippen molar-refractivity contribution in [1.29, 1.82) is 0 Å². The summed E-state index contributed by atoms with van der Waals surface area (Å²) in [4.78, 5) is 4.41. The highest BCUT2D eigenvalue weighted by Crippen LogP contribution is 2.38. The number of rotatable bonds is 5. The van der Waals surface area contributed by atoms with Gasteiger partial charge in [-0.2, -0.15) is 11.3 Å². The standard InChI is InChI=1S/C13H15BrN2S2/c1-2-11(15)13(9-5-6-17-8-9)18-12-4-3-10(14)7-16-12/h3-8,11,13H,2,15H2,1H3. The van der Waals surface area contributed by atoms with Gasteiger partial charge in [-0.25, -0.2) is 4.98 Å². The number of pyridine rings is 1. The molecule has 0 bridgehead atoms. The van der Waals surface area contributed by atoms with Crippen molar-refractivity contribution in [2.24, 2.45) is 5.73 Å². The molecule has 0 aliphatic rings. The second kappa shape index (κ2) is 6.70. The summed E-state index contributed by atoms with van der Waals surface area (Å²) in [7, 11) is 0. The maximum Gasteiger partial charge on any atom is 0.0967 e. The Morgan fingerprint density at radius 1 is 1.44 bits per heavy atom. The Labute approximate surface area is 124 Å². The SMILES string of the molecule is CCC(N)C(Sc1ccc(Br)cn1)c1ccsc1. The lowest BCUT2D eigenvalue weighted by atomic mass is 10.1. The summed E-state index contributed by atoms with van der Waals surface area (Å²) in [6, 6.07) is 6.33. The number of halogens is 1. The molecule has 2 unspecified atom stereocenters. The molecule has 0 aliphatic heterocycles. The fourth-order valence-electron chi connectivity index (χ4n) is 1.62. The number of nitrogens with zero attached hydrogens (tertiary/aromatic N) is 1. The molecular weight excluding hydrogens is 328 g/mol. The Kier molecular flexibility index (Phi) is 5.24. The fourth-order valence-corrected chi connectivity index (χ4v) is 3.80. The van der Waals surface area contributed by atoms with Crippen molar-refractivity contribution in [3.8, 4) is 0 Å². The van der Waals surface area contributed by atoms with Crippen molar-refractivity contribution in [3.05, 3.63) is 45.2 Å². The maximum atomic E-state index is 6.23. The van der Waals surface area contributed by atoms with Crippen LogP contribution in [0.1, 0.15) is 24.2 Å². The van der Waals surface area contributed by atoms with Crippen LogP contribution in [0.3, 0.4) is 0 Å². The van der Waals surface area contributed by atoms with Crippen molar-refractivity contribution < 1.29 is 0 Å². The highest BCUT2D eigenvalue weighted by atomic mass is 79.9. The molecule has 0 saturated heterocycles. The molecule has 2 N–H and O–H groups in total. The summed E-state index contributed by atoms with van der Waals surface area (Å²) in [6.45, 7) is 2.12. The predicted molar refractivity (Wildman–Crippen MR) is 83.1 cm³/mol. The van der Waals surface area contributed by atoms with Crippen LogP contribution in [-0.4, -0.2) is 11.0 Å². The van der Waals surface area contributed by atoms with Gasteiger partial charge in [-0.3, -0.25) is 0 Å². The largest absolute Gasteiger partial charge is 0.326 e. The van der Waals surface area contributed by atoms with E-state index < -0.39 is 0 Å². The van der Waals surface area contributed by atoms with Gasteiger partial charge in [0.15, 0.2) is 0 Å². The highest BCUT2D eigenvalue weighted by molar-refractivity contribution is 9.10. The molecule has 0 saturated carbocycles. The molecule has 96 valence electrons. The van der Waals surface area contributed by atoms with Crippen LogP contribution in [0.5, 0.6) is 0 Å². The second-order valence-electron chi connectivity index (χ2n) is 3.98. The number of aromatic nitrogens is 1. The zero-order chi connectivity index (χ0) is 13.0. The first-order valence-electron chi connectivity index (χ1n) is 5.76. The van der Waals surface area contributed by atoms with Crippen LogP contribution in [0.2, 0.25) is 0 Å². The van der Waals surface area contributed by atoms with Crippen molar-refractivity contribution in [2.45, 2.75) is 29.7 Å². The van der Waals surface area contributed by atoms with E-state index in [1.165, 1.54) is 5.56 Å². The van der Waals surface area contributed by atoms with Crippen LogP contribution in [0, 0.1) is 0 Å². The van der Waals surface area contributed by atoms with E-state index in [9.17, 15) is 0 Å². The molecule has 2 nitrogen and oxygen atoms in total. The molecule has 0 aliphatic carbocycles. The molecule has 0 amide bonds. The first kappa shape index (κ1) is 14.1. The Bertz CT molecular complexity index is 470. The zero-order valence-electron chi connectivity index (χ0n) is 10.0. The van der Waals surface area contributed by atoms with Crippen LogP contribution < -0.4 is 5.73 Å². The lowest BCUT2D eigenvalue weighted by Gasteiger charge is -2.21. The number of hydrogen-bond donors (Lipinski definition) is 1. The van der Waals surface area contributed by atoms with E-state index >= 15 is 0 Å². The number of thioether (sulfide) groups is 1. The molecule has 2 heterocycles. The monoisotopic (exact) mass is 342 g/mol. The van der Waals surface area contributed by atoms with Crippen molar-refractivity contribution in [2.75, 3.05) is 0 Å². The molecule has 2 aromatic rings. The van der Waals surface area contributed by atoms with Crippen LogP contribution in [0.4, 0.5) is 0 Å². The first-order valence-corrected chi connectivity index (χ1v) is 8.38. The van der Waals surface area contributed by atoms with Gasteiger partial charge in [-0.15, -0.1) is 0 Å². The zero-order valence-corrected chi connectivity index (χ0v) is 13.3. The third kappa shape index (κ3) is 3.57. The minimum atomic E-state index is 0.148. The maximum absolute atomic E-state index is 6.23. The van der Waals surface area contributed by atoms with Gasteiger partial charge in [-0.1, -0.05) is 18.7 Å².